The van der Waals surface area contributed by atoms with Crippen LogP contribution in [0.15, 0.2) is 12.1 Å². The van der Waals surface area contributed by atoms with Crippen molar-refractivity contribution in [2.24, 2.45) is 5.73 Å². The Bertz CT molecular complexity index is 383. The van der Waals surface area contributed by atoms with Gasteiger partial charge < -0.3 is 10.5 Å². The van der Waals surface area contributed by atoms with Gasteiger partial charge >= 0.3 is 0 Å². The Morgan fingerprint density at radius 2 is 1.94 bits per heavy atom. The Labute approximate surface area is 109 Å². The average molecular weight is 256 g/mol. The van der Waals surface area contributed by atoms with Crippen LogP contribution in [0, 0.1) is 0 Å². The molecule has 3 heteroatoms. The molecule has 0 atom stereocenters. The van der Waals surface area contributed by atoms with Crippen LogP contribution in [-0.2, 0) is 11.8 Å². The van der Waals surface area contributed by atoms with Crippen LogP contribution in [0.3, 0.4) is 0 Å². The van der Waals surface area contributed by atoms with Crippen molar-refractivity contribution in [3.63, 3.8) is 0 Å². The summed E-state index contributed by atoms with van der Waals surface area (Å²) in [7, 11) is 1.66. The monoisotopic (exact) mass is 255 g/mol. The van der Waals surface area contributed by atoms with Crippen molar-refractivity contribution >= 4 is 11.6 Å². The second kappa shape index (κ2) is 5.74. The van der Waals surface area contributed by atoms with Crippen LogP contribution in [0.4, 0.5) is 0 Å². The minimum absolute atomic E-state index is 0.0907. The molecule has 0 radical (unpaired) electrons. The number of nitrogens with two attached hydrogens (primary N) is 1. The van der Waals surface area contributed by atoms with Crippen LogP contribution in [0.1, 0.15) is 38.3 Å². The second-order valence-corrected chi connectivity index (χ2v) is 5.70. The Morgan fingerprint density at radius 1 is 1.29 bits per heavy atom. The van der Waals surface area contributed by atoms with E-state index in [0.717, 1.165) is 24.2 Å². The summed E-state index contributed by atoms with van der Waals surface area (Å²) in [5.74, 6) is 0.785. The van der Waals surface area contributed by atoms with Crippen molar-refractivity contribution in [3.05, 3.63) is 28.3 Å². The second-order valence-electron chi connectivity index (χ2n) is 5.29. The molecular formula is C14H22ClNO. The van der Waals surface area contributed by atoms with Gasteiger partial charge in [-0.25, -0.2) is 0 Å². The van der Waals surface area contributed by atoms with Gasteiger partial charge in [-0.15, -0.1) is 0 Å². The molecule has 0 unspecified atom stereocenters. The standard InChI is InChI=1S/C14H22ClNO/c1-14(2,3)11-8-10(6-5-7-16)13(17-4)12(15)9-11/h8-9H,5-7,16H2,1-4H3. The van der Waals surface area contributed by atoms with E-state index in [9.17, 15) is 0 Å². The zero-order valence-corrected chi connectivity index (χ0v) is 11.9. The fraction of sp³-hybridized carbons (Fsp3) is 0.571. The Kier molecular flexibility index (Phi) is 4.84. The van der Waals surface area contributed by atoms with E-state index in [-0.39, 0.29) is 5.41 Å². The summed E-state index contributed by atoms with van der Waals surface area (Å²) in [6.07, 6.45) is 1.85. The van der Waals surface area contributed by atoms with Crippen LogP contribution in [0.5, 0.6) is 5.75 Å². The summed E-state index contributed by atoms with van der Waals surface area (Å²) in [4.78, 5) is 0. The quantitative estimate of drug-likeness (QED) is 0.893. The van der Waals surface area contributed by atoms with Gasteiger partial charge in [0.15, 0.2) is 0 Å². The molecule has 1 aromatic carbocycles. The molecule has 1 aromatic rings. The molecule has 0 aromatic heterocycles. The first-order valence-electron chi connectivity index (χ1n) is 5.97. The van der Waals surface area contributed by atoms with E-state index in [1.807, 2.05) is 6.07 Å². The molecule has 17 heavy (non-hydrogen) atoms. The zero-order valence-electron chi connectivity index (χ0n) is 11.1. The molecule has 0 aliphatic carbocycles. The number of halogens is 1. The minimum atomic E-state index is 0.0907. The van der Waals surface area contributed by atoms with Crippen molar-refractivity contribution in [2.45, 2.75) is 39.0 Å². The summed E-state index contributed by atoms with van der Waals surface area (Å²) in [5, 5.41) is 0.687. The number of ether oxygens (including phenoxy) is 1. The minimum Gasteiger partial charge on any atom is -0.495 e. The topological polar surface area (TPSA) is 35.2 Å². The lowest BCUT2D eigenvalue weighted by Gasteiger charge is -2.22. The third-order valence-corrected chi connectivity index (χ3v) is 3.12. The normalized spacial score (nSPS) is 11.6. The molecule has 2 nitrogen and oxygen atoms in total. The Hall–Kier alpha value is -0.730. The van der Waals surface area contributed by atoms with Gasteiger partial charge in [0.05, 0.1) is 12.1 Å². The molecule has 96 valence electrons. The van der Waals surface area contributed by atoms with Crippen molar-refractivity contribution in [1.82, 2.24) is 0 Å². The summed E-state index contributed by atoms with van der Waals surface area (Å²) < 4.78 is 5.37. The largest absolute Gasteiger partial charge is 0.495 e. The fourth-order valence-corrected chi connectivity index (χ4v) is 2.11. The Morgan fingerprint density at radius 3 is 2.41 bits per heavy atom. The maximum Gasteiger partial charge on any atom is 0.140 e. The lowest BCUT2D eigenvalue weighted by molar-refractivity contribution is 0.408. The van der Waals surface area contributed by atoms with Crippen molar-refractivity contribution in [1.29, 1.82) is 0 Å². The SMILES string of the molecule is COc1c(Cl)cc(C(C)(C)C)cc1CCCN. The molecule has 0 saturated heterocycles. The van der Waals surface area contributed by atoms with Crippen LogP contribution in [-0.4, -0.2) is 13.7 Å². The Balaban J connectivity index is 3.19. The van der Waals surface area contributed by atoms with E-state index in [1.54, 1.807) is 7.11 Å². The van der Waals surface area contributed by atoms with Crippen LogP contribution >= 0.6 is 11.6 Å². The molecule has 1 rings (SSSR count). The van der Waals surface area contributed by atoms with Gasteiger partial charge in [0.1, 0.15) is 5.75 Å². The number of methoxy groups -OCH3 is 1. The molecule has 0 aliphatic rings. The smallest absolute Gasteiger partial charge is 0.140 e. The molecule has 2 N–H and O–H groups in total. The summed E-state index contributed by atoms with van der Waals surface area (Å²) in [6, 6.07) is 4.17. The van der Waals surface area contributed by atoms with Crippen molar-refractivity contribution in [2.75, 3.05) is 13.7 Å². The first kappa shape index (κ1) is 14.3. The lowest BCUT2D eigenvalue weighted by Crippen LogP contribution is -2.12. The van der Waals surface area contributed by atoms with E-state index < -0.39 is 0 Å². The van der Waals surface area contributed by atoms with Crippen molar-refractivity contribution in [3.8, 4) is 5.75 Å². The van der Waals surface area contributed by atoms with Gasteiger partial charge in [-0.05, 0) is 42.0 Å². The van der Waals surface area contributed by atoms with E-state index in [0.29, 0.717) is 11.6 Å². The van der Waals surface area contributed by atoms with Crippen molar-refractivity contribution < 1.29 is 4.74 Å². The molecule has 0 heterocycles. The molecule has 0 spiro atoms. The van der Waals surface area contributed by atoms with E-state index >= 15 is 0 Å². The number of rotatable bonds is 4. The molecule has 0 bridgehead atoms. The highest BCUT2D eigenvalue weighted by atomic mass is 35.5. The van der Waals surface area contributed by atoms with Gasteiger partial charge in [0.2, 0.25) is 0 Å². The third kappa shape index (κ3) is 3.62. The molecule has 0 aliphatic heterocycles. The number of hydrogen-bond donors (Lipinski definition) is 1. The first-order valence-corrected chi connectivity index (χ1v) is 6.35. The maximum atomic E-state index is 6.26. The zero-order chi connectivity index (χ0) is 13.1. The summed E-state index contributed by atoms with van der Waals surface area (Å²) in [6.45, 7) is 7.22. The third-order valence-electron chi connectivity index (χ3n) is 2.84. The predicted octanol–water partition coefficient (Wildman–Crippen LogP) is 3.54. The van der Waals surface area contributed by atoms with Gasteiger partial charge in [-0.3, -0.25) is 0 Å². The molecular weight excluding hydrogens is 234 g/mol. The fourth-order valence-electron chi connectivity index (χ4n) is 1.79. The van der Waals surface area contributed by atoms with E-state index in [2.05, 4.69) is 26.8 Å². The highest BCUT2D eigenvalue weighted by Gasteiger charge is 2.18. The molecule has 0 amide bonds. The number of aryl methyl sites for hydroxylation is 1. The lowest BCUT2D eigenvalue weighted by atomic mass is 9.85. The van der Waals surface area contributed by atoms with E-state index in [1.165, 1.54) is 5.56 Å². The summed E-state index contributed by atoms with van der Waals surface area (Å²) in [5.41, 5.74) is 8.03. The van der Waals surface area contributed by atoms with Gasteiger partial charge in [-0.2, -0.15) is 0 Å². The molecule has 0 fully saturated rings. The van der Waals surface area contributed by atoms with Gasteiger partial charge in [0.25, 0.3) is 0 Å². The highest BCUT2D eigenvalue weighted by Crippen LogP contribution is 2.35. The van der Waals surface area contributed by atoms with Crippen LogP contribution in [0.2, 0.25) is 5.02 Å². The van der Waals surface area contributed by atoms with Crippen LogP contribution < -0.4 is 10.5 Å². The highest BCUT2D eigenvalue weighted by molar-refractivity contribution is 6.32. The first-order chi connectivity index (χ1) is 7.90. The van der Waals surface area contributed by atoms with Crippen LogP contribution in [0.25, 0.3) is 0 Å². The summed E-state index contributed by atoms with van der Waals surface area (Å²) >= 11 is 6.26. The van der Waals surface area contributed by atoms with Gasteiger partial charge in [-0.1, -0.05) is 38.4 Å². The van der Waals surface area contributed by atoms with E-state index in [4.69, 9.17) is 22.1 Å². The molecule has 0 saturated carbocycles. The van der Waals surface area contributed by atoms with Gasteiger partial charge in [0, 0.05) is 0 Å². The number of hydrogen-bond acceptors (Lipinski definition) is 2. The number of benzene rings is 1. The maximum absolute atomic E-state index is 6.26. The predicted molar refractivity (Wildman–Crippen MR) is 74.1 cm³/mol. The average Bonchev–Trinajstić information content (AvgIpc) is 2.24.